The van der Waals surface area contributed by atoms with Gasteiger partial charge in [-0.3, -0.25) is 4.79 Å². The monoisotopic (exact) mass is 187 g/mol. The Morgan fingerprint density at radius 2 is 2.21 bits per heavy atom. The highest BCUT2D eigenvalue weighted by Gasteiger charge is 2.20. The average Bonchev–Trinajstić information content (AvgIpc) is 2.66. The van der Waals surface area contributed by atoms with Crippen molar-refractivity contribution in [2.24, 2.45) is 0 Å². The number of nitrogens with two attached hydrogens (primary N) is 1. The molecular weight excluding hydrogens is 178 g/mol. The zero-order chi connectivity index (χ0) is 9.71. The SMILES string of the molecule is Nc1nc2cc3c(cc2[nH]1)CCC3=O. The number of Topliss-reactive ketones (excluding diaryl/α,β-unsaturated/α-hetero) is 1. The maximum atomic E-state index is 11.4. The lowest BCUT2D eigenvalue weighted by molar-refractivity contribution is 0.0994. The van der Waals surface area contributed by atoms with Crippen LogP contribution in [0.4, 0.5) is 5.95 Å². The standard InChI is InChI=1S/C10H9N3O/c11-10-12-7-3-5-1-2-9(14)6(5)4-8(7)13-10/h3-4H,1-2H2,(H3,11,12,13). The third-order valence-electron chi connectivity index (χ3n) is 2.65. The first-order valence-corrected chi connectivity index (χ1v) is 4.55. The van der Waals surface area contributed by atoms with Gasteiger partial charge < -0.3 is 10.7 Å². The van der Waals surface area contributed by atoms with Crippen molar-refractivity contribution in [1.29, 1.82) is 0 Å². The first-order chi connectivity index (χ1) is 6.74. The van der Waals surface area contributed by atoms with E-state index in [0.717, 1.165) is 28.6 Å². The van der Waals surface area contributed by atoms with E-state index in [9.17, 15) is 4.79 Å². The van der Waals surface area contributed by atoms with Crippen molar-refractivity contribution in [2.75, 3.05) is 5.73 Å². The number of hydrogen-bond acceptors (Lipinski definition) is 3. The molecule has 3 rings (SSSR count). The van der Waals surface area contributed by atoms with E-state index in [1.165, 1.54) is 0 Å². The molecule has 4 heteroatoms. The van der Waals surface area contributed by atoms with Gasteiger partial charge in [0.15, 0.2) is 11.7 Å². The molecule has 0 fully saturated rings. The fourth-order valence-corrected chi connectivity index (χ4v) is 1.97. The van der Waals surface area contributed by atoms with Crippen molar-refractivity contribution in [3.63, 3.8) is 0 Å². The molecule has 1 aromatic heterocycles. The van der Waals surface area contributed by atoms with Crippen LogP contribution < -0.4 is 5.73 Å². The Morgan fingerprint density at radius 1 is 1.36 bits per heavy atom. The molecule has 0 amide bonds. The van der Waals surface area contributed by atoms with Crippen LogP contribution in [0.2, 0.25) is 0 Å². The fourth-order valence-electron chi connectivity index (χ4n) is 1.97. The number of rotatable bonds is 0. The highest BCUT2D eigenvalue weighted by atomic mass is 16.1. The van der Waals surface area contributed by atoms with Crippen molar-refractivity contribution >= 4 is 22.8 Å². The molecule has 14 heavy (non-hydrogen) atoms. The first-order valence-electron chi connectivity index (χ1n) is 4.55. The van der Waals surface area contributed by atoms with Crippen LogP contribution in [-0.4, -0.2) is 15.8 Å². The average molecular weight is 187 g/mol. The van der Waals surface area contributed by atoms with Crippen molar-refractivity contribution in [1.82, 2.24) is 9.97 Å². The number of nitrogen functional groups attached to an aromatic ring is 1. The molecule has 2 aromatic rings. The van der Waals surface area contributed by atoms with Gasteiger partial charge in [-0.05, 0) is 24.1 Å². The van der Waals surface area contributed by atoms with Crippen LogP contribution in [0.5, 0.6) is 0 Å². The largest absolute Gasteiger partial charge is 0.369 e. The molecule has 0 bridgehead atoms. The van der Waals surface area contributed by atoms with Gasteiger partial charge in [0.05, 0.1) is 11.0 Å². The minimum absolute atomic E-state index is 0.212. The van der Waals surface area contributed by atoms with Crippen LogP contribution in [0.3, 0.4) is 0 Å². The van der Waals surface area contributed by atoms with Crippen molar-refractivity contribution in [3.8, 4) is 0 Å². The summed E-state index contributed by atoms with van der Waals surface area (Å²) < 4.78 is 0. The number of imidazole rings is 1. The molecular formula is C10H9N3O. The summed E-state index contributed by atoms with van der Waals surface area (Å²) in [5, 5.41) is 0. The van der Waals surface area contributed by atoms with Crippen LogP contribution in [0.25, 0.3) is 11.0 Å². The molecule has 4 nitrogen and oxygen atoms in total. The van der Waals surface area contributed by atoms with Gasteiger partial charge in [0.25, 0.3) is 0 Å². The molecule has 3 N–H and O–H groups in total. The summed E-state index contributed by atoms with van der Waals surface area (Å²) in [6, 6.07) is 3.80. The number of anilines is 1. The van der Waals surface area contributed by atoms with Crippen LogP contribution in [0.1, 0.15) is 22.3 Å². The first kappa shape index (κ1) is 7.55. The lowest BCUT2D eigenvalue weighted by Gasteiger charge is -1.95. The van der Waals surface area contributed by atoms with E-state index in [4.69, 9.17) is 5.73 Å². The number of H-pyrrole nitrogens is 1. The summed E-state index contributed by atoms with van der Waals surface area (Å²) in [7, 11) is 0. The normalized spacial score (nSPS) is 15.0. The Morgan fingerprint density at radius 3 is 3.07 bits per heavy atom. The van der Waals surface area contributed by atoms with Crippen LogP contribution >= 0.6 is 0 Å². The summed E-state index contributed by atoms with van der Waals surface area (Å²) in [6.45, 7) is 0. The maximum Gasteiger partial charge on any atom is 0.198 e. The lowest BCUT2D eigenvalue weighted by atomic mass is 10.1. The quantitative estimate of drug-likeness (QED) is 0.652. The summed E-state index contributed by atoms with van der Waals surface area (Å²) in [5.74, 6) is 0.611. The number of aromatic nitrogens is 2. The van der Waals surface area contributed by atoms with Gasteiger partial charge >= 0.3 is 0 Å². The molecule has 0 atom stereocenters. The highest BCUT2D eigenvalue weighted by molar-refractivity contribution is 6.03. The number of hydrogen-bond donors (Lipinski definition) is 2. The van der Waals surface area contributed by atoms with E-state index in [2.05, 4.69) is 9.97 Å². The summed E-state index contributed by atoms with van der Waals surface area (Å²) >= 11 is 0. The predicted octanol–water partition coefficient (Wildman–Crippen LogP) is 1.27. The number of ketones is 1. The molecule has 0 saturated carbocycles. The molecule has 1 aromatic carbocycles. The molecule has 1 heterocycles. The third-order valence-corrected chi connectivity index (χ3v) is 2.65. The second-order valence-electron chi connectivity index (χ2n) is 3.57. The van der Waals surface area contributed by atoms with Crippen molar-refractivity contribution in [2.45, 2.75) is 12.8 Å². The zero-order valence-electron chi connectivity index (χ0n) is 7.50. The number of benzene rings is 1. The third kappa shape index (κ3) is 0.878. The molecule has 1 aliphatic carbocycles. The molecule has 0 saturated heterocycles. The Hall–Kier alpha value is -1.84. The minimum Gasteiger partial charge on any atom is -0.369 e. The van der Waals surface area contributed by atoms with E-state index >= 15 is 0 Å². The van der Waals surface area contributed by atoms with Crippen molar-refractivity contribution < 1.29 is 4.79 Å². The number of carbonyl (C=O) groups is 1. The fraction of sp³-hybridized carbons (Fsp3) is 0.200. The Labute approximate surface area is 80.1 Å². The lowest BCUT2D eigenvalue weighted by Crippen LogP contribution is -1.90. The molecule has 0 radical (unpaired) electrons. The smallest absolute Gasteiger partial charge is 0.198 e. The Bertz CT molecular complexity index is 542. The number of aryl methyl sites for hydroxylation is 1. The van der Waals surface area contributed by atoms with E-state index < -0.39 is 0 Å². The summed E-state index contributed by atoms with van der Waals surface area (Å²) in [6.07, 6.45) is 1.46. The van der Waals surface area contributed by atoms with Gasteiger partial charge in [0, 0.05) is 12.0 Å². The van der Waals surface area contributed by atoms with E-state index in [1.807, 2.05) is 12.1 Å². The molecule has 70 valence electrons. The molecule has 0 spiro atoms. The van der Waals surface area contributed by atoms with E-state index in [0.29, 0.717) is 12.4 Å². The number of fused-ring (bicyclic) bond motifs is 2. The second kappa shape index (κ2) is 2.35. The Balaban J connectivity index is 2.36. The van der Waals surface area contributed by atoms with Crippen molar-refractivity contribution in [3.05, 3.63) is 23.3 Å². The second-order valence-corrected chi connectivity index (χ2v) is 3.57. The topological polar surface area (TPSA) is 71.8 Å². The van der Waals surface area contributed by atoms with Crippen LogP contribution in [-0.2, 0) is 6.42 Å². The molecule has 1 aliphatic rings. The number of aromatic amines is 1. The number of nitrogens with zero attached hydrogens (tertiary/aromatic N) is 1. The minimum atomic E-state index is 0.212. The van der Waals surface area contributed by atoms with Gasteiger partial charge in [-0.25, -0.2) is 4.98 Å². The maximum absolute atomic E-state index is 11.4. The van der Waals surface area contributed by atoms with Gasteiger partial charge in [0.1, 0.15) is 0 Å². The summed E-state index contributed by atoms with van der Waals surface area (Å²) in [4.78, 5) is 18.5. The zero-order valence-corrected chi connectivity index (χ0v) is 7.50. The Kier molecular flexibility index (Phi) is 1.27. The van der Waals surface area contributed by atoms with Gasteiger partial charge in [0.2, 0.25) is 0 Å². The van der Waals surface area contributed by atoms with Gasteiger partial charge in [-0.2, -0.15) is 0 Å². The number of carbonyl (C=O) groups excluding carboxylic acids is 1. The number of nitrogens with one attached hydrogen (secondary N) is 1. The molecule has 0 unspecified atom stereocenters. The van der Waals surface area contributed by atoms with Gasteiger partial charge in [-0.15, -0.1) is 0 Å². The molecule has 0 aliphatic heterocycles. The summed E-state index contributed by atoms with van der Waals surface area (Å²) in [5.41, 5.74) is 9.13. The highest BCUT2D eigenvalue weighted by Crippen LogP contribution is 2.26. The van der Waals surface area contributed by atoms with Gasteiger partial charge in [-0.1, -0.05) is 0 Å². The predicted molar refractivity (Wildman–Crippen MR) is 53.2 cm³/mol. The van der Waals surface area contributed by atoms with E-state index in [1.54, 1.807) is 0 Å². The van der Waals surface area contributed by atoms with E-state index in [-0.39, 0.29) is 5.78 Å². The van der Waals surface area contributed by atoms with Crippen LogP contribution in [0.15, 0.2) is 12.1 Å². The van der Waals surface area contributed by atoms with Crippen LogP contribution in [0, 0.1) is 0 Å².